The molecular weight excluding hydrogens is 287 g/mol. The van der Waals surface area contributed by atoms with E-state index in [0.29, 0.717) is 5.56 Å². The maximum atomic E-state index is 13.5. The van der Waals surface area contributed by atoms with E-state index >= 15 is 0 Å². The Kier molecular flexibility index (Phi) is 4.68. The largest absolute Gasteiger partial charge is 0.494 e. The van der Waals surface area contributed by atoms with Crippen LogP contribution in [0.4, 0.5) is 4.39 Å². The molecule has 2 aromatic carbocycles. The van der Waals surface area contributed by atoms with Crippen molar-refractivity contribution in [3.63, 3.8) is 0 Å². The van der Waals surface area contributed by atoms with Crippen molar-refractivity contribution < 1.29 is 23.8 Å². The highest BCUT2D eigenvalue weighted by Gasteiger charge is 2.07. The fraction of sp³-hybridized carbons (Fsp3) is 0.0588. The van der Waals surface area contributed by atoms with Gasteiger partial charge in [-0.2, -0.15) is 0 Å². The lowest BCUT2D eigenvalue weighted by Crippen LogP contribution is -1.97. The average molecular weight is 300 g/mol. The standard InChI is InChI=1S/C17H13FO4/c1-22-16-9-7-13(10-14(16)18)15(19)8-4-11-2-5-12(6-3-11)17(20)21/h2-10H,1H3,(H,20,21)/b8-4+. The van der Waals surface area contributed by atoms with Gasteiger partial charge in [0.1, 0.15) is 0 Å². The minimum absolute atomic E-state index is 0.0739. The molecule has 0 saturated heterocycles. The molecule has 2 aromatic rings. The minimum Gasteiger partial charge on any atom is -0.494 e. The summed E-state index contributed by atoms with van der Waals surface area (Å²) >= 11 is 0. The summed E-state index contributed by atoms with van der Waals surface area (Å²) in [5, 5.41) is 8.79. The normalized spacial score (nSPS) is 10.6. The van der Waals surface area contributed by atoms with Crippen LogP contribution in [0, 0.1) is 5.82 Å². The summed E-state index contributed by atoms with van der Waals surface area (Å²) in [6.07, 6.45) is 2.84. The van der Waals surface area contributed by atoms with Crippen LogP contribution in [-0.4, -0.2) is 24.0 Å². The van der Waals surface area contributed by atoms with E-state index in [1.807, 2.05) is 0 Å². The number of ether oxygens (including phenoxy) is 1. The van der Waals surface area contributed by atoms with Crippen molar-refractivity contribution in [2.75, 3.05) is 7.11 Å². The van der Waals surface area contributed by atoms with Crippen LogP contribution in [0.3, 0.4) is 0 Å². The number of carbonyl (C=O) groups is 2. The van der Waals surface area contributed by atoms with E-state index in [-0.39, 0.29) is 22.7 Å². The number of aromatic carboxylic acids is 1. The van der Waals surface area contributed by atoms with Gasteiger partial charge in [-0.15, -0.1) is 0 Å². The molecule has 0 aliphatic heterocycles. The molecule has 0 heterocycles. The van der Waals surface area contributed by atoms with Gasteiger partial charge < -0.3 is 9.84 Å². The Balaban J connectivity index is 2.14. The van der Waals surface area contributed by atoms with Crippen molar-refractivity contribution in [2.24, 2.45) is 0 Å². The minimum atomic E-state index is -1.01. The Bertz CT molecular complexity index is 733. The highest BCUT2D eigenvalue weighted by atomic mass is 19.1. The molecular formula is C17H13FO4. The molecule has 0 aliphatic rings. The number of carboxylic acid groups (broad SMARTS) is 1. The molecule has 0 aromatic heterocycles. The summed E-state index contributed by atoms with van der Waals surface area (Å²) in [6, 6.07) is 10.0. The van der Waals surface area contributed by atoms with Crippen LogP contribution >= 0.6 is 0 Å². The van der Waals surface area contributed by atoms with Gasteiger partial charge in [-0.05, 0) is 42.0 Å². The SMILES string of the molecule is COc1ccc(C(=O)/C=C/c2ccc(C(=O)O)cc2)cc1F. The third-order valence-corrected chi connectivity index (χ3v) is 3.02. The molecule has 2 rings (SSSR count). The van der Waals surface area contributed by atoms with Crippen LogP contribution in [0.1, 0.15) is 26.3 Å². The zero-order chi connectivity index (χ0) is 16.1. The van der Waals surface area contributed by atoms with Crippen LogP contribution in [0.25, 0.3) is 6.08 Å². The number of hydrogen-bond acceptors (Lipinski definition) is 3. The van der Waals surface area contributed by atoms with E-state index in [1.54, 1.807) is 12.1 Å². The second-order valence-corrected chi connectivity index (χ2v) is 4.47. The lowest BCUT2D eigenvalue weighted by Gasteiger charge is -2.02. The second-order valence-electron chi connectivity index (χ2n) is 4.47. The topological polar surface area (TPSA) is 63.6 Å². The van der Waals surface area contributed by atoms with Crippen molar-refractivity contribution in [3.05, 3.63) is 71.0 Å². The third kappa shape index (κ3) is 3.58. The van der Waals surface area contributed by atoms with Gasteiger partial charge in [0.15, 0.2) is 17.3 Å². The first kappa shape index (κ1) is 15.4. The maximum Gasteiger partial charge on any atom is 0.335 e. The van der Waals surface area contributed by atoms with Gasteiger partial charge in [-0.3, -0.25) is 4.79 Å². The van der Waals surface area contributed by atoms with Crippen molar-refractivity contribution in [1.82, 2.24) is 0 Å². The molecule has 0 bridgehead atoms. The Hall–Kier alpha value is -2.95. The number of benzene rings is 2. The number of carboxylic acids is 1. The quantitative estimate of drug-likeness (QED) is 0.678. The van der Waals surface area contributed by atoms with E-state index in [0.717, 1.165) is 6.07 Å². The van der Waals surface area contributed by atoms with Gasteiger partial charge in [0.05, 0.1) is 12.7 Å². The fourth-order valence-electron chi connectivity index (χ4n) is 1.82. The van der Waals surface area contributed by atoms with Gasteiger partial charge >= 0.3 is 5.97 Å². The van der Waals surface area contributed by atoms with Gasteiger partial charge in [-0.1, -0.05) is 18.2 Å². The maximum absolute atomic E-state index is 13.5. The first-order valence-electron chi connectivity index (χ1n) is 6.40. The Labute approximate surface area is 126 Å². The van der Waals surface area contributed by atoms with Crippen LogP contribution in [0.2, 0.25) is 0 Å². The van der Waals surface area contributed by atoms with Crippen molar-refractivity contribution in [3.8, 4) is 5.75 Å². The van der Waals surface area contributed by atoms with Gasteiger partial charge in [0, 0.05) is 5.56 Å². The molecule has 5 heteroatoms. The summed E-state index contributed by atoms with van der Waals surface area (Å²) < 4.78 is 18.3. The van der Waals surface area contributed by atoms with E-state index in [1.165, 1.54) is 43.5 Å². The number of ketones is 1. The molecule has 0 radical (unpaired) electrons. The van der Waals surface area contributed by atoms with Crippen LogP contribution in [0.15, 0.2) is 48.5 Å². The van der Waals surface area contributed by atoms with E-state index in [4.69, 9.17) is 9.84 Å². The average Bonchev–Trinajstić information content (AvgIpc) is 2.52. The molecule has 0 atom stereocenters. The smallest absolute Gasteiger partial charge is 0.335 e. The molecule has 112 valence electrons. The van der Waals surface area contributed by atoms with E-state index < -0.39 is 11.8 Å². The number of halogens is 1. The van der Waals surface area contributed by atoms with Crippen LogP contribution in [-0.2, 0) is 0 Å². The molecule has 0 aliphatic carbocycles. The lowest BCUT2D eigenvalue weighted by atomic mass is 10.1. The summed E-state index contributed by atoms with van der Waals surface area (Å²) in [4.78, 5) is 22.7. The number of methoxy groups -OCH3 is 1. The predicted molar refractivity (Wildman–Crippen MR) is 79.7 cm³/mol. The highest BCUT2D eigenvalue weighted by Crippen LogP contribution is 2.18. The van der Waals surface area contributed by atoms with Crippen molar-refractivity contribution >= 4 is 17.8 Å². The Morgan fingerprint density at radius 2 is 1.73 bits per heavy atom. The summed E-state index contributed by atoms with van der Waals surface area (Å²) in [5.41, 5.74) is 1.05. The van der Waals surface area contributed by atoms with Gasteiger partial charge in [-0.25, -0.2) is 9.18 Å². The highest BCUT2D eigenvalue weighted by molar-refractivity contribution is 6.06. The van der Waals surface area contributed by atoms with Crippen LogP contribution < -0.4 is 4.74 Å². The Morgan fingerprint density at radius 3 is 2.27 bits per heavy atom. The van der Waals surface area contributed by atoms with Gasteiger partial charge in [0.2, 0.25) is 0 Å². The zero-order valence-corrected chi connectivity index (χ0v) is 11.7. The summed E-state index contributed by atoms with van der Waals surface area (Å²) in [6.45, 7) is 0. The third-order valence-electron chi connectivity index (χ3n) is 3.02. The summed E-state index contributed by atoms with van der Waals surface area (Å²) in [7, 11) is 1.35. The van der Waals surface area contributed by atoms with E-state index in [9.17, 15) is 14.0 Å². The Morgan fingerprint density at radius 1 is 1.09 bits per heavy atom. The monoisotopic (exact) mass is 300 g/mol. The molecule has 1 N–H and O–H groups in total. The predicted octanol–water partition coefficient (Wildman–Crippen LogP) is 3.43. The first-order valence-corrected chi connectivity index (χ1v) is 6.40. The summed E-state index contributed by atoms with van der Waals surface area (Å²) in [5.74, 6) is -1.90. The van der Waals surface area contributed by atoms with Crippen molar-refractivity contribution in [2.45, 2.75) is 0 Å². The van der Waals surface area contributed by atoms with Gasteiger partial charge in [0.25, 0.3) is 0 Å². The second kappa shape index (κ2) is 6.67. The molecule has 22 heavy (non-hydrogen) atoms. The molecule has 4 nitrogen and oxygen atoms in total. The number of hydrogen-bond donors (Lipinski definition) is 1. The fourth-order valence-corrected chi connectivity index (χ4v) is 1.82. The molecule has 0 amide bonds. The number of rotatable bonds is 5. The van der Waals surface area contributed by atoms with Crippen molar-refractivity contribution in [1.29, 1.82) is 0 Å². The molecule has 0 unspecified atom stereocenters. The number of allylic oxidation sites excluding steroid dienone is 1. The first-order chi connectivity index (χ1) is 10.5. The van der Waals surface area contributed by atoms with Crippen LogP contribution in [0.5, 0.6) is 5.75 Å². The zero-order valence-electron chi connectivity index (χ0n) is 11.7. The number of carbonyl (C=O) groups excluding carboxylic acids is 1. The lowest BCUT2D eigenvalue weighted by molar-refractivity contribution is 0.0696. The molecule has 0 fully saturated rings. The molecule has 0 spiro atoms. The van der Waals surface area contributed by atoms with E-state index in [2.05, 4.69) is 0 Å². The molecule has 0 saturated carbocycles.